The van der Waals surface area contributed by atoms with Crippen molar-refractivity contribution >= 4 is 16.1 Å². The maximum Gasteiger partial charge on any atom is 0.277 e. The van der Waals surface area contributed by atoms with Crippen LogP contribution in [-0.2, 0) is 15.0 Å². The van der Waals surface area contributed by atoms with E-state index in [4.69, 9.17) is 0 Å². The van der Waals surface area contributed by atoms with E-state index in [9.17, 15) is 13.2 Å². The molecule has 1 saturated carbocycles. The lowest BCUT2D eigenvalue weighted by Gasteiger charge is -2.10. The molecule has 88 valence electrons. The molecule has 0 aromatic heterocycles. The number of hydrogen-bond acceptors (Lipinski definition) is 3. The standard InChI is InChI=1S/C8H17N3O3S/c1-6(2)11-15(13,14)9-5-8(12)10-7-3-4-7/h6-7,9,11H,3-5H2,1-2H3,(H,10,12). The monoisotopic (exact) mass is 235 g/mol. The molecule has 0 unspecified atom stereocenters. The Hall–Kier alpha value is -0.660. The van der Waals surface area contributed by atoms with E-state index in [1.165, 1.54) is 0 Å². The summed E-state index contributed by atoms with van der Waals surface area (Å²) >= 11 is 0. The van der Waals surface area contributed by atoms with Gasteiger partial charge in [-0.05, 0) is 26.7 Å². The van der Waals surface area contributed by atoms with Gasteiger partial charge in [0.15, 0.2) is 0 Å². The van der Waals surface area contributed by atoms with Crippen LogP contribution in [0.4, 0.5) is 0 Å². The van der Waals surface area contributed by atoms with Gasteiger partial charge in [0.2, 0.25) is 5.91 Å². The highest BCUT2D eigenvalue weighted by Gasteiger charge is 2.23. The minimum atomic E-state index is -3.55. The third kappa shape index (κ3) is 5.71. The molecule has 0 aromatic rings. The molecule has 0 aromatic carbocycles. The van der Waals surface area contributed by atoms with Crippen molar-refractivity contribution in [2.45, 2.75) is 38.8 Å². The second-order valence-electron chi connectivity index (χ2n) is 3.94. The second kappa shape index (κ2) is 4.91. The molecule has 0 heterocycles. The normalized spacial score (nSPS) is 16.7. The summed E-state index contributed by atoms with van der Waals surface area (Å²) in [7, 11) is -3.55. The van der Waals surface area contributed by atoms with Crippen LogP contribution in [0.3, 0.4) is 0 Å². The Balaban J connectivity index is 2.25. The number of rotatable bonds is 6. The summed E-state index contributed by atoms with van der Waals surface area (Å²) < 4.78 is 27.0. The topological polar surface area (TPSA) is 87.3 Å². The molecule has 0 saturated heterocycles. The van der Waals surface area contributed by atoms with Crippen LogP contribution in [0, 0.1) is 0 Å². The lowest BCUT2D eigenvalue weighted by molar-refractivity contribution is -0.120. The van der Waals surface area contributed by atoms with Gasteiger partial charge in [-0.15, -0.1) is 0 Å². The fourth-order valence-corrected chi connectivity index (χ4v) is 2.04. The third-order valence-corrected chi connectivity index (χ3v) is 3.06. The molecule has 1 rings (SSSR count). The first-order chi connectivity index (χ1) is 6.89. The molecule has 0 bridgehead atoms. The van der Waals surface area contributed by atoms with E-state index in [1.807, 2.05) is 0 Å². The van der Waals surface area contributed by atoms with Crippen molar-refractivity contribution in [2.75, 3.05) is 6.54 Å². The van der Waals surface area contributed by atoms with Gasteiger partial charge in [-0.2, -0.15) is 17.9 Å². The van der Waals surface area contributed by atoms with Gasteiger partial charge in [0, 0.05) is 12.1 Å². The highest BCUT2D eigenvalue weighted by Crippen LogP contribution is 2.18. The molecular weight excluding hydrogens is 218 g/mol. The Morgan fingerprint density at radius 1 is 1.40 bits per heavy atom. The number of hydrogen-bond donors (Lipinski definition) is 3. The summed E-state index contributed by atoms with van der Waals surface area (Å²) in [5.74, 6) is -0.286. The molecule has 3 N–H and O–H groups in total. The van der Waals surface area contributed by atoms with E-state index in [0.717, 1.165) is 12.8 Å². The van der Waals surface area contributed by atoms with Gasteiger partial charge >= 0.3 is 0 Å². The van der Waals surface area contributed by atoms with Crippen molar-refractivity contribution < 1.29 is 13.2 Å². The Morgan fingerprint density at radius 2 is 2.00 bits per heavy atom. The molecule has 0 radical (unpaired) electrons. The largest absolute Gasteiger partial charge is 0.352 e. The van der Waals surface area contributed by atoms with E-state index >= 15 is 0 Å². The summed E-state index contributed by atoms with van der Waals surface area (Å²) in [6.07, 6.45) is 1.98. The van der Waals surface area contributed by atoms with E-state index < -0.39 is 10.2 Å². The van der Waals surface area contributed by atoms with Crippen LogP contribution in [0.2, 0.25) is 0 Å². The maximum absolute atomic E-state index is 11.2. The molecule has 0 atom stereocenters. The SMILES string of the molecule is CC(C)NS(=O)(=O)NCC(=O)NC1CC1. The molecule has 7 heteroatoms. The minimum absolute atomic E-state index is 0.186. The van der Waals surface area contributed by atoms with Gasteiger partial charge in [-0.1, -0.05) is 0 Å². The Labute approximate surface area is 90.0 Å². The second-order valence-corrected chi connectivity index (χ2v) is 5.47. The molecule has 1 amide bonds. The summed E-state index contributed by atoms with van der Waals surface area (Å²) in [4.78, 5) is 11.2. The van der Waals surface area contributed by atoms with Crippen LogP contribution in [0.5, 0.6) is 0 Å². The molecule has 0 aliphatic heterocycles. The van der Waals surface area contributed by atoms with Gasteiger partial charge in [0.25, 0.3) is 10.2 Å². The van der Waals surface area contributed by atoms with Crippen LogP contribution < -0.4 is 14.8 Å². The van der Waals surface area contributed by atoms with Crippen LogP contribution in [0.1, 0.15) is 26.7 Å². The maximum atomic E-state index is 11.2. The fraction of sp³-hybridized carbons (Fsp3) is 0.875. The van der Waals surface area contributed by atoms with Crippen molar-refractivity contribution in [2.24, 2.45) is 0 Å². The van der Waals surface area contributed by atoms with Gasteiger partial charge < -0.3 is 5.32 Å². The highest BCUT2D eigenvalue weighted by atomic mass is 32.2. The Bertz CT molecular complexity index is 322. The Kier molecular flexibility index (Phi) is 4.06. The number of nitrogens with one attached hydrogen (secondary N) is 3. The number of carbonyl (C=O) groups is 1. The number of amides is 1. The first-order valence-corrected chi connectivity index (χ1v) is 6.43. The quantitative estimate of drug-likeness (QED) is 0.557. The Morgan fingerprint density at radius 3 is 2.47 bits per heavy atom. The van der Waals surface area contributed by atoms with E-state index in [-0.39, 0.29) is 24.5 Å². The molecule has 6 nitrogen and oxygen atoms in total. The zero-order valence-corrected chi connectivity index (χ0v) is 9.73. The summed E-state index contributed by atoms with van der Waals surface area (Å²) in [6.45, 7) is 3.21. The van der Waals surface area contributed by atoms with Gasteiger partial charge in [-0.25, -0.2) is 0 Å². The fourth-order valence-electron chi connectivity index (χ4n) is 1.02. The first kappa shape index (κ1) is 12.4. The molecular formula is C8H17N3O3S. The molecule has 15 heavy (non-hydrogen) atoms. The lowest BCUT2D eigenvalue weighted by atomic mass is 10.4. The van der Waals surface area contributed by atoms with Crippen LogP contribution in [0.25, 0.3) is 0 Å². The van der Waals surface area contributed by atoms with E-state index in [0.29, 0.717) is 0 Å². The van der Waals surface area contributed by atoms with Crippen LogP contribution >= 0.6 is 0 Å². The summed E-state index contributed by atoms with van der Waals surface area (Å²) in [6, 6.07) is 0.0639. The summed E-state index contributed by atoms with van der Waals surface area (Å²) in [5.41, 5.74) is 0. The number of carbonyl (C=O) groups excluding carboxylic acids is 1. The van der Waals surface area contributed by atoms with Crippen molar-refractivity contribution in [3.8, 4) is 0 Å². The van der Waals surface area contributed by atoms with Crippen molar-refractivity contribution in [3.05, 3.63) is 0 Å². The zero-order valence-electron chi connectivity index (χ0n) is 8.91. The van der Waals surface area contributed by atoms with Crippen molar-refractivity contribution in [1.29, 1.82) is 0 Å². The minimum Gasteiger partial charge on any atom is -0.352 e. The molecule has 0 spiro atoms. The first-order valence-electron chi connectivity index (χ1n) is 4.95. The van der Waals surface area contributed by atoms with Gasteiger partial charge in [0.1, 0.15) is 0 Å². The molecule has 1 aliphatic rings. The van der Waals surface area contributed by atoms with Crippen molar-refractivity contribution in [3.63, 3.8) is 0 Å². The van der Waals surface area contributed by atoms with Crippen molar-refractivity contribution in [1.82, 2.24) is 14.8 Å². The van der Waals surface area contributed by atoms with E-state index in [2.05, 4.69) is 14.8 Å². The lowest BCUT2D eigenvalue weighted by Crippen LogP contribution is -2.45. The molecule has 1 aliphatic carbocycles. The predicted molar refractivity (Wildman–Crippen MR) is 56.4 cm³/mol. The smallest absolute Gasteiger partial charge is 0.277 e. The van der Waals surface area contributed by atoms with Gasteiger partial charge in [-0.3, -0.25) is 4.79 Å². The van der Waals surface area contributed by atoms with Crippen LogP contribution in [-0.4, -0.2) is 33.0 Å². The van der Waals surface area contributed by atoms with Crippen LogP contribution in [0.15, 0.2) is 0 Å². The average Bonchev–Trinajstić information content (AvgIpc) is 2.82. The average molecular weight is 235 g/mol. The van der Waals surface area contributed by atoms with E-state index in [1.54, 1.807) is 13.8 Å². The predicted octanol–water partition coefficient (Wildman–Crippen LogP) is -0.903. The molecule has 1 fully saturated rings. The highest BCUT2D eigenvalue weighted by molar-refractivity contribution is 7.87. The third-order valence-electron chi connectivity index (χ3n) is 1.76. The van der Waals surface area contributed by atoms with Gasteiger partial charge in [0.05, 0.1) is 6.54 Å². The summed E-state index contributed by atoms with van der Waals surface area (Å²) in [5, 5.41) is 2.69. The zero-order chi connectivity index (χ0) is 11.5.